The highest BCUT2D eigenvalue weighted by molar-refractivity contribution is 5.43. The molecule has 0 saturated heterocycles. The average molecular weight is 312 g/mol. The lowest BCUT2D eigenvalue weighted by molar-refractivity contribution is 0.00818. The maximum atomic E-state index is 8.51. The summed E-state index contributed by atoms with van der Waals surface area (Å²) < 4.78 is 15.8. The molecule has 1 aromatic rings. The Kier molecular flexibility index (Phi) is 11.6. The molecule has 0 aliphatic carbocycles. The van der Waals surface area contributed by atoms with Crippen molar-refractivity contribution in [2.75, 3.05) is 65.2 Å². The molecule has 0 fully saturated rings. The molecule has 0 aliphatic rings. The minimum Gasteiger partial charge on any atom is -0.394 e. The predicted octanol–water partition coefficient (Wildman–Crippen LogP) is 0.860. The van der Waals surface area contributed by atoms with Crippen LogP contribution in [-0.4, -0.2) is 64.9 Å². The summed E-state index contributed by atoms with van der Waals surface area (Å²) in [5.41, 5.74) is 2.37. The zero-order chi connectivity index (χ0) is 15.9. The van der Waals surface area contributed by atoms with E-state index in [4.69, 9.17) is 19.3 Å². The third-order valence-corrected chi connectivity index (χ3v) is 2.97. The summed E-state index contributed by atoms with van der Waals surface area (Å²) >= 11 is 0. The number of ether oxygens (including phenoxy) is 3. The lowest BCUT2D eigenvalue weighted by atomic mass is 10.2. The van der Waals surface area contributed by atoms with Crippen LogP contribution in [0.4, 0.5) is 5.69 Å². The van der Waals surface area contributed by atoms with E-state index in [1.165, 1.54) is 5.56 Å². The molecule has 0 saturated carbocycles. The molecule has 0 radical (unpaired) electrons. The van der Waals surface area contributed by atoms with Gasteiger partial charge < -0.3 is 30.0 Å². The van der Waals surface area contributed by atoms with E-state index in [-0.39, 0.29) is 6.61 Å². The fourth-order valence-electron chi connectivity index (χ4n) is 1.77. The quantitative estimate of drug-likeness (QED) is 0.443. The van der Waals surface area contributed by atoms with Crippen LogP contribution < -0.4 is 10.6 Å². The number of hydrogen-bond acceptors (Lipinski definition) is 6. The fourth-order valence-corrected chi connectivity index (χ4v) is 1.77. The van der Waals surface area contributed by atoms with Crippen molar-refractivity contribution in [3.8, 4) is 0 Å². The van der Waals surface area contributed by atoms with Crippen LogP contribution in [0.15, 0.2) is 24.3 Å². The van der Waals surface area contributed by atoms with Gasteiger partial charge in [-0.05, 0) is 17.7 Å². The average Bonchev–Trinajstić information content (AvgIpc) is 2.56. The van der Waals surface area contributed by atoms with E-state index in [2.05, 4.69) is 34.9 Å². The van der Waals surface area contributed by atoms with Gasteiger partial charge in [0.25, 0.3) is 0 Å². The molecule has 126 valence electrons. The molecule has 1 rings (SSSR count). The summed E-state index contributed by atoms with van der Waals surface area (Å²) in [4.78, 5) is 0. The maximum Gasteiger partial charge on any atom is 0.0701 e. The van der Waals surface area contributed by atoms with Gasteiger partial charge in [0.1, 0.15) is 0 Å². The Morgan fingerprint density at radius 3 is 2.05 bits per heavy atom. The van der Waals surface area contributed by atoms with Gasteiger partial charge in [-0.25, -0.2) is 0 Å². The van der Waals surface area contributed by atoms with Gasteiger partial charge in [-0.2, -0.15) is 0 Å². The smallest absolute Gasteiger partial charge is 0.0701 e. The van der Waals surface area contributed by atoms with Crippen molar-refractivity contribution in [2.24, 2.45) is 0 Å². The van der Waals surface area contributed by atoms with Crippen LogP contribution in [0.5, 0.6) is 0 Å². The highest BCUT2D eigenvalue weighted by Crippen LogP contribution is 2.07. The van der Waals surface area contributed by atoms with Gasteiger partial charge in [0, 0.05) is 25.8 Å². The summed E-state index contributed by atoms with van der Waals surface area (Å²) in [6.07, 6.45) is 0. The first-order valence-electron chi connectivity index (χ1n) is 7.68. The Labute approximate surface area is 132 Å². The first-order valence-corrected chi connectivity index (χ1v) is 7.68. The second kappa shape index (κ2) is 13.5. The highest BCUT2D eigenvalue weighted by Gasteiger charge is 1.94. The van der Waals surface area contributed by atoms with Gasteiger partial charge in [-0.1, -0.05) is 12.1 Å². The highest BCUT2D eigenvalue weighted by atomic mass is 16.5. The molecule has 6 heteroatoms. The van der Waals surface area contributed by atoms with Crippen molar-refractivity contribution < 1.29 is 19.3 Å². The monoisotopic (exact) mass is 312 g/mol. The largest absolute Gasteiger partial charge is 0.394 e. The number of hydrogen-bond donors (Lipinski definition) is 3. The van der Waals surface area contributed by atoms with Gasteiger partial charge in [0.15, 0.2) is 0 Å². The third-order valence-electron chi connectivity index (χ3n) is 2.97. The van der Waals surface area contributed by atoms with Crippen LogP contribution in [-0.2, 0) is 20.8 Å². The van der Waals surface area contributed by atoms with E-state index in [0.717, 1.165) is 18.8 Å². The first-order chi connectivity index (χ1) is 10.9. The number of aliphatic hydroxyl groups is 1. The normalized spacial score (nSPS) is 10.8. The molecular formula is C16H28N2O4. The molecule has 0 bridgehead atoms. The lowest BCUT2D eigenvalue weighted by Crippen LogP contribution is -2.20. The molecule has 3 N–H and O–H groups in total. The molecule has 0 atom stereocenters. The van der Waals surface area contributed by atoms with E-state index in [1.54, 1.807) is 0 Å². The zero-order valence-corrected chi connectivity index (χ0v) is 13.3. The van der Waals surface area contributed by atoms with Crippen molar-refractivity contribution in [3.63, 3.8) is 0 Å². The molecule has 22 heavy (non-hydrogen) atoms. The van der Waals surface area contributed by atoms with E-state index in [1.807, 2.05) is 7.05 Å². The van der Waals surface area contributed by atoms with E-state index < -0.39 is 0 Å². The standard InChI is InChI=1S/C16H28N2O4/c1-17-16-4-2-15(3-5-16)14-18-6-8-20-10-12-22-13-11-21-9-7-19/h2-5,17-19H,6-14H2,1H3. The minimum absolute atomic E-state index is 0.0513. The van der Waals surface area contributed by atoms with Crippen LogP contribution >= 0.6 is 0 Å². The molecule has 0 amide bonds. The molecule has 0 aromatic heterocycles. The van der Waals surface area contributed by atoms with Crippen molar-refractivity contribution >= 4 is 5.69 Å². The Morgan fingerprint density at radius 2 is 1.45 bits per heavy atom. The number of benzene rings is 1. The van der Waals surface area contributed by atoms with Gasteiger partial charge in [0.2, 0.25) is 0 Å². The molecule has 0 spiro atoms. The molecule has 0 unspecified atom stereocenters. The van der Waals surface area contributed by atoms with E-state index in [0.29, 0.717) is 39.6 Å². The lowest BCUT2D eigenvalue weighted by Gasteiger charge is -2.08. The van der Waals surface area contributed by atoms with Gasteiger partial charge in [-0.3, -0.25) is 0 Å². The summed E-state index contributed by atoms with van der Waals surface area (Å²) in [5, 5.41) is 14.9. The number of aliphatic hydroxyl groups excluding tert-OH is 1. The van der Waals surface area contributed by atoms with Gasteiger partial charge in [-0.15, -0.1) is 0 Å². The van der Waals surface area contributed by atoms with Crippen LogP contribution in [0.3, 0.4) is 0 Å². The molecule has 0 aliphatic heterocycles. The van der Waals surface area contributed by atoms with Crippen molar-refractivity contribution in [1.82, 2.24) is 5.32 Å². The molecule has 0 heterocycles. The van der Waals surface area contributed by atoms with E-state index in [9.17, 15) is 0 Å². The number of nitrogens with one attached hydrogen (secondary N) is 2. The van der Waals surface area contributed by atoms with Gasteiger partial charge in [0.05, 0.1) is 46.2 Å². The second-order valence-electron chi connectivity index (χ2n) is 4.68. The van der Waals surface area contributed by atoms with Crippen molar-refractivity contribution in [2.45, 2.75) is 6.54 Å². The Bertz CT molecular complexity index is 360. The maximum absolute atomic E-state index is 8.51. The zero-order valence-electron chi connectivity index (χ0n) is 13.3. The Hall–Kier alpha value is -1.18. The summed E-state index contributed by atoms with van der Waals surface area (Å²) in [6, 6.07) is 8.34. The SMILES string of the molecule is CNc1ccc(CNCCOCCOCCOCCO)cc1. The summed E-state index contributed by atoms with van der Waals surface area (Å²) in [6.45, 7) is 4.92. The fraction of sp³-hybridized carbons (Fsp3) is 0.625. The molecule has 6 nitrogen and oxygen atoms in total. The number of rotatable bonds is 14. The van der Waals surface area contributed by atoms with Gasteiger partial charge >= 0.3 is 0 Å². The van der Waals surface area contributed by atoms with Crippen LogP contribution in [0.1, 0.15) is 5.56 Å². The predicted molar refractivity (Wildman–Crippen MR) is 87.2 cm³/mol. The molecular weight excluding hydrogens is 284 g/mol. The number of anilines is 1. The second-order valence-corrected chi connectivity index (χ2v) is 4.68. The first kappa shape index (κ1) is 18.9. The van der Waals surface area contributed by atoms with E-state index >= 15 is 0 Å². The minimum atomic E-state index is 0.0513. The summed E-state index contributed by atoms with van der Waals surface area (Å²) in [5.74, 6) is 0. The van der Waals surface area contributed by atoms with Crippen LogP contribution in [0.2, 0.25) is 0 Å². The van der Waals surface area contributed by atoms with Crippen LogP contribution in [0, 0.1) is 0 Å². The topological polar surface area (TPSA) is 72.0 Å². The third kappa shape index (κ3) is 9.70. The molecule has 1 aromatic carbocycles. The van der Waals surface area contributed by atoms with Crippen molar-refractivity contribution in [1.29, 1.82) is 0 Å². The summed E-state index contributed by atoms with van der Waals surface area (Å²) in [7, 11) is 1.91. The Balaban J connectivity index is 1.85. The van der Waals surface area contributed by atoms with Crippen LogP contribution in [0.25, 0.3) is 0 Å². The Morgan fingerprint density at radius 1 is 0.864 bits per heavy atom. The van der Waals surface area contributed by atoms with Crippen molar-refractivity contribution in [3.05, 3.63) is 29.8 Å².